The second-order valence-electron chi connectivity index (χ2n) is 6.80. The van der Waals surface area contributed by atoms with E-state index in [4.69, 9.17) is 4.84 Å². The first-order chi connectivity index (χ1) is 13.5. The van der Waals surface area contributed by atoms with Crippen LogP contribution in [0.3, 0.4) is 0 Å². The minimum atomic E-state index is -0.484. The Kier molecular flexibility index (Phi) is 4.57. The molecule has 1 heterocycles. The first-order valence-corrected chi connectivity index (χ1v) is 8.95. The molecule has 2 aromatic carbocycles. The largest absolute Gasteiger partial charge is 0.298 e. The molecule has 1 aliphatic carbocycles. The second-order valence-corrected chi connectivity index (χ2v) is 6.80. The van der Waals surface area contributed by atoms with Crippen molar-refractivity contribution in [2.24, 2.45) is 0 Å². The highest BCUT2D eigenvalue weighted by Crippen LogP contribution is 2.41. The van der Waals surface area contributed by atoms with Gasteiger partial charge in [0.05, 0.1) is 7.11 Å². The summed E-state index contributed by atoms with van der Waals surface area (Å²) in [6.45, 7) is 0. The van der Waals surface area contributed by atoms with Crippen LogP contribution in [0, 0.1) is 5.82 Å². The van der Waals surface area contributed by atoms with Gasteiger partial charge in [0, 0.05) is 30.1 Å². The Hall–Kier alpha value is -3.25. The fourth-order valence-electron chi connectivity index (χ4n) is 3.71. The van der Waals surface area contributed by atoms with Gasteiger partial charge >= 0.3 is 0 Å². The van der Waals surface area contributed by atoms with E-state index in [1.165, 1.54) is 19.2 Å². The molecular formula is C22H20FN3O2. The predicted molar refractivity (Wildman–Crippen MR) is 104 cm³/mol. The molecule has 1 aromatic heterocycles. The van der Waals surface area contributed by atoms with Crippen LogP contribution in [0.4, 0.5) is 4.39 Å². The third kappa shape index (κ3) is 2.92. The van der Waals surface area contributed by atoms with E-state index in [-0.39, 0.29) is 11.7 Å². The number of hydroxylamine groups is 2. The van der Waals surface area contributed by atoms with Crippen molar-refractivity contribution in [2.75, 3.05) is 14.2 Å². The molecular weight excluding hydrogens is 357 g/mol. The van der Waals surface area contributed by atoms with E-state index in [0.29, 0.717) is 12.1 Å². The number of carbonyl (C=O) groups excluding carboxylic acids is 1. The third-order valence-electron chi connectivity index (χ3n) is 5.28. The normalized spacial score (nSPS) is 18.0. The monoisotopic (exact) mass is 377 g/mol. The zero-order chi connectivity index (χ0) is 19.7. The average Bonchev–Trinajstić information content (AvgIpc) is 3.16. The maximum absolute atomic E-state index is 13.5. The number of rotatable bonds is 4. The minimum absolute atomic E-state index is 0.274. The van der Waals surface area contributed by atoms with Gasteiger partial charge in [-0.1, -0.05) is 54.6 Å². The summed E-state index contributed by atoms with van der Waals surface area (Å²) in [5.41, 5.74) is 3.49. The Morgan fingerprint density at radius 1 is 1.14 bits per heavy atom. The SMILES string of the molecule is CON(C)C(=O)c1n[nH]c2c1C=C[C@](c1ccccc1)(c1ccc(F)cc1)C2. The number of benzene rings is 2. The summed E-state index contributed by atoms with van der Waals surface area (Å²) in [5, 5.41) is 8.38. The molecule has 0 saturated heterocycles. The number of nitrogens with zero attached hydrogens (tertiary/aromatic N) is 2. The van der Waals surface area contributed by atoms with Crippen molar-refractivity contribution in [3.63, 3.8) is 0 Å². The highest BCUT2D eigenvalue weighted by atomic mass is 19.1. The van der Waals surface area contributed by atoms with E-state index in [2.05, 4.69) is 28.4 Å². The molecule has 6 heteroatoms. The van der Waals surface area contributed by atoms with E-state index < -0.39 is 5.41 Å². The highest BCUT2D eigenvalue weighted by molar-refractivity contribution is 5.96. The lowest BCUT2D eigenvalue weighted by atomic mass is 9.68. The number of H-pyrrole nitrogens is 1. The fourth-order valence-corrected chi connectivity index (χ4v) is 3.71. The van der Waals surface area contributed by atoms with E-state index in [1.807, 2.05) is 24.3 Å². The first kappa shape index (κ1) is 18.1. The third-order valence-corrected chi connectivity index (χ3v) is 5.28. The Balaban J connectivity index is 1.82. The van der Waals surface area contributed by atoms with Gasteiger partial charge in [0.2, 0.25) is 0 Å². The van der Waals surface area contributed by atoms with Gasteiger partial charge in [0.15, 0.2) is 5.69 Å². The molecule has 0 saturated carbocycles. The van der Waals surface area contributed by atoms with Gasteiger partial charge in [-0.15, -0.1) is 0 Å². The molecule has 142 valence electrons. The molecule has 4 rings (SSSR count). The molecule has 1 amide bonds. The van der Waals surface area contributed by atoms with Gasteiger partial charge in [-0.05, 0) is 23.3 Å². The number of hydrogen-bond donors (Lipinski definition) is 1. The summed E-state index contributed by atoms with van der Waals surface area (Å²) in [6, 6.07) is 16.6. The Morgan fingerprint density at radius 2 is 1.82 bits per heavy atom. The number of amides is 1. The Morgan fingerprint density at radius 3 is 2.50 bits per heavy atom. The van der Waals surface area contributed by atoms with Crippen molar-refractivity contribution < 1.29 is 14.0 Å². The van der Waals surface area contributed by atoms with E-state index >= 15 is 0 Å². The van der Waals surface area contributed by atoms with Crippen LogP contribution in [-0.4, -0.2) is 35.3 Å². The van der Waals surface area contributed by atoms with Gasteiger partial charge in [-0.25, -0.2) is 9.45 Å². The van der Waals surface area contributed by atoms with Gasteiger partial charge in [0.25, 0.3) is 5.91 Å². The number of aromatic nitrogens is 2. The topological polar surface area (TPSA) is 58.2 Å². The van der Waals surface area contributed by atoms with Crippen molar-refractivity contribution in [2.45, 2.75) is 11.8 Å². The van der Waals surface area contributed by atoms with Crippen LogP contribution in [0.15, 0.2) is 60.7 Å². The van der Waals surface area contributed by atoms with Crippen molar-refractivity contribution in [3.8, 4) is 0 Å². The first-order valence-electron chi connectivity index (χ1n) is 8.95. The average molecular weight is 377 g/mol. The second kappa shape index (κ2) is 7.05. The van der Waals surface area contributed by atoms with Gasteiger partial charge in [-0.3, -0.25) is 14.7 Å². The Bertz CT molecular complexity index is 1030. The van der Waals surface area contributed by atoms with Crippen LogP contribution >= 0.6 is 0 Å². The molecule has 1 atom stereocenters. The summed E-state index contributed by atoms with van der Waals surface area (Å²) < 4.78 is 13.5. The van der Waals surface area contributed by atoms with Crippen molar-refractivity contribution in [3.05, 3.63) is 94.6 Å². The van der Waals surface area contributed by atoms with Crippen molar-refractivity contribution >= 4 is 12.0 Å². The maximum atomic E-state index is 13.5. The quantitative estimate of drug-likeness (QED) is 0.705. The summed E-state index contributed by atoms with van der Waals surface area (Å²) in [5.74, 6) is -0.594. The number of halogens is 1. The number of allylic oxidation sites excluding steroid dienone is 1. The number of fused-ring (bicyclic) bond motifs is 1. The van der Waals surface area contributed by atoms with Crippen LogP contribution < -0.4 is 0 Å². The summed E-state index contributed by atoms with van der Waals surface area (Å²) >= 11 is 0. The Labute approximate surface area is 162 Å². The molecule has 5 nitrogen and oxygen atoms in total. The molecule has 1 N–H and O–H groups in total. The molecule has 28 heavy (non-hydrogen) atoms. The fraction of sp³-hybridized carbons (Fsp3) is 0.182. The molecule has 0 fully saturated rings. The number of hydrogen-bond acceptors (Lipinski definition) is 3. The molecule has 3 aromatic rings. The number of aromatic amines is 1. The lowest BCUT2D eigenvalue weighted by molar-refractivity contribution is -0.0760. The lowest BCUT2D eigenvalue weighted by Crippen LogP contribution is -2.31. The lowest BCUT2D eigenvalue weighted by Gasteiger charge is -2.34. The van der Waals surface area contributed by atoms with Crippen LogP contribution in [0.25, 0.3) is 6.08 Å². The smallest absolute Gasteiger partial charge is 0.281 e. The molecule has 0 bridgehead atoms. The van der Waals surface area contributed by atoms with Crippen LogP contribution in [-0.2, 0) is 16.7 Å². The molecule has 0 spiro atoms. The molecule has 0 radical (unpaired) electrons. The van der Waals surface area contributed by atoms with Gasteiger partial charge in [0.1, 0.15) is 5.82 Å². The summed E-state index contributed by atoms with van der Waals surface area (Å²) in [4.78, 5) is 17.5. The van der Waals surface area contributed by atoms with Crippen molar-refractivity contribution in [1.29, 1.82) is 0 Å². The zero-order valence-electron chi connectivity index (χ0n) is 15.6. The minimum Gasteiger partial charge on any atom is -0.281 e. The van der Waals surface area contributed by atoms with E-state index in [1.54, 1.807) is 19.2 Å². The summed E-state index contributed by atoms with van der Waals surface area (Å²) in [6.07, 6.45) is 4.55. The molecule has 0 aliphatic heterocycles. The standard InChI is InChI=1S/C22H20FN3O2/c1-26(28-2)21(27)20-18-12-13-22(14-19(18)24-25-20,15-6-4-3-5-7-15)16-8-10-17(23)11-9-16/h3-13H,14H2,1-2H3,(H,24,25)/t22-/m0/s1. The maximum Gasteiger partial charge on any atom is 0.298 e. The van der Waals surface area contributed by atoms with E-state index in [0.717, 1.165) is 27.4 Å². The zero-order valence-corrected chi connectivity index (χ0v) is 15.6. The van der Waals surface area contributed by atoms with Crippen LogP contribution in [0.1, 0.15) is 32.9 Å². The van der Waals surface area contributed by atoms with Crippen molar-refractivity contribution in [1.82, 2.24) is 15.3 Å². The molecule has 1 aliphatic rings. The highest BCUT2D eigenvalue weighted by Gasteiger charge is 2.37. The number of nitrogens with one attached hydrogen (secondary N) is 1. The number of carbonyl (C=O) groups is 1. The van der Waals surface area contributed by atoms with E-state index in [9.17, 15) is 9.18 Å². The predicted octanol–water partition coefficient (Wildman–Crippen LogP) is 3.74. The van der Waals surface area contributed by atoms with Gasteiger partial charge in [-0.2, -0.15) is 5.10 Å². The summed E-state index contributed by atoms with van der Waals surface area (Å²) in [7, 11) is 2.98. The van der Waals surface area contributed by atoms with Gasteiger partial charge < -0.3 is 0 Å². The molecule has 0 unspecified atom stereocenters. The van der Waals surface area contributed by atoms with Crippen LogP contribution in [0.2, 0.25) is 0 Å². The van der Waals surface area contributed by atoms with Crippen LogP contribution in [0.5, 0.6) is 0 Å².